The molecule has 0 amide bonds. The molecule has 0 aliphatic rings. The summed E-state index contributed by atoms with van der Waals surface area (Å²) in [6, 6.07) is 34.0. The van der Waals surface area contributed by atoms with Crippen LogP contribution in [0, 0.1) is 20.5 Å². The smallest absolute Gasteiger partial charge is 0.222 e. The molecule has 0 saturated heterocycles. The van der Waals surface area contributed by atoms with E-state index >= 15 is 0 Å². The lowest BCUT2D eigenvalue weighted by Gasteiger charge is -2.17. The van der Waals surface area contributed by atoms with Gasteiger partial charge in [-0.1, -0.05) is 72.8 Å². The number of imidazole rings is 2. The maximum absolute atomic E-state index is 8.49. The van der Waals surface area contributed by atoms with Gasteiger partial charge >= 0.3 is 0 Å². The largest absolute Gasteiger partial charge is 0.286 e. The molecule has 2 aromatic carbocycles. The molecule has 0 N–H and O–H groups in total. The fourth-order valence-electron chi connectivity index (χ4n) is 4.57. The molecule has 4 aromatic heterocycles. The van der Waals surface area contributed by atoms with Crippen molar-refractivity contribution in [1.82, 2.24) is 9.13 Å². The SMILES string of the molecule is [O-][Cl+3]([O-])([O-])[O-].[O-][Cl+3]([O-])([O-])[O-].c1ccc(-c2c[n+]3ccccc3n2CCn2c(-c3ccccc3)c[n+]3ccccc23)cc1. The number of rotatable bonds is 5. The standard InChI is InChI=1S/C28H24N4.2ClHO4/c1-3-11-23(12-4-1)25-21-29-17-9-7-15-27(29)31(25)19-20-32-26(24-13-5-2-6-14-24)22-30-18-10-8-16-28(30)32;2*2-1(3,4)5/h1-18,21-22H,19-20H2;2*(H,2,3,4,5)/q+2;;/p-2. The topological polar surface area (TPSA) is 203 Å². The predicted octanol–water partition coefficient (Wildman–Crippen LogP) is -4.71. The lowest BCUT2D eigenvalue weighted by atomic mass is 10.1. The number of halogens is 2. The summed E-state index contributed by atoms with van der Waals surface area (Å²) in [6.07, 6.45) is 8.69. The fraction of sp³-hybridized carbons (Fsp3) is 0.0714. The van der Waals surface area contributed by atoms with Crippen LogP contribution < -0.4 is 46.1 Å². The second-order valence-electron chi connectivity index (χ2n) is 8.75. The summed E-state index contributed by atoms with van der Waals surface area (Å²) < 4.78 is 77.2. The summed E-state index contributed by atoms with van der Waals surface area (Å²) in [6.45, 7) is 1.73. The first kappa shape index (κ1) is 31.0. The zero-order valence-corrected chi connectivity index (χ0v) is 23.3. The monoisotopic (exact) mass is 614 g/mol. The van der Waals surface area contributed by atoms with Crippen molar-refractivity contribution in [3.8, 4) is 22.5 Å². The Bertz CT molecular complexity index is 1590. The van der Waals surface area contributed by atoms with E-state index in [0.717, 1.165) is 13.1 Å². The highest BCUT2D eigenvalue weighted by Gasteiger charge is 2.23. The zero-order valence-electron chi connectivity index (χ0n) is 21.8. The van der Waals surface area contributed by atoms with E-state index in [2.05, 4.69) is 140 Å². The van der Waals surface area contributed by atoms with Crippen LogP contribution in [-0.4, -0.2) is 9.13 Å². The Morgan fingerprint density at radius 2 is 0.762 bits per heavy atom. The van der Waals surface area contributed by atoms with E-state index in [0.29, 0.717) is 0 Å². The molecule has 0 spiro atoms. The molecule has 0 fully saturated rings. The molecule has 14 heteroatoms. The minimum Gasteiger partial charge on any atom is -0.222 e. The van der Waals surface area contributed by atoms with Gasteiger partial charge in [0.05, 0.1) is 12.4 Å². The van der Waals surface area contributed by atoms with E-state index in [1.165, 1.54) is 33.8 Å². The molecule has 0 saturated carbocycles. The van der Waals surface area contributed by atoms with Crippen molar-refractivity contribution in [3.05, 3.63) is 122 Å². The van der Waals surface area contributed by atoms with Crippen LogP contribution in [0.2, 0.25) is 0 Å². The number of aryl methyl sites for hydroxylation is 2. The van der Waals surface area contributed by atoms with Gasteiger partial charge in [-0.3, -0.25) is 0 Å². The van der Waals surface area contributed by atoms with Gasteiger partial charge in [-0.05, 0) is 12.1 Å². The number of aromatic nitrogens is 4. The Kier molecular flexibility index (Phi) is 9.88. The average Bonchev–Trinajstić information content (AvgIpc) is 3.49. The minimum absolute atomic E-state index is 0.865. The predicted molar refractivity (Wildman–Crippen MR) is 126 cm³/mol. The number of fused-ring (bicyclic) bond motifs is 2. The molecule has 4 heterocycles. The van der Waals surface area contributed by atoms with Crippen LogP contribution in [0.25, 0.3) is 33.8 Å². The van der Waals surface area contributed by atoms with Gasteiger partial charge in [0, 0.05) is 23.3 Å². The number of pyridine rings is 2. The van der Waals surface area contributed by atoms with Gasteiger partial charge in [-0.15, -0.1) is 20.5 Å². The Morgan fingerprint density at radius 3 is 1.10 bits per heavy atom. The van der Waals surface area contributed by atoms with Crippen LogP contribution in [0.4, 0.5) is 0 Å². The number of hydrogen-bond donors (Lipinski definition) is 0. The molecule has 0 unspecified atom stereocenters. The van der Waals surface area contributed by atoms with Crippen molar-refractivity contribution in [3.63, 3.8) is 0 Å². The van der Waals surface area contributed by atoms with Crippen LogP contribution >= 0.6 is 0 Å². The molecule has 6 aromatic rings. The van der Waals surface area contributed by atoms with Gasteiger partial charge < -0.3 is 0 Å². The first-order valence-corrected chi connectivity index (χ1v) is 14.7. The molecular formula is C28H24Cl2N4O8. The Hall–Kier alpha value is -3.92. The van der Waals surface area contributed by atoms with Crippen molar-refractivity contribution in [2.45, 2.75) is 13.1 Å². The molecule has 0 atom stereocenters. The van der Waals surface area contributed by atoms with E-state index < -0.39 is 20.5 Å². The minimum atomic E-state index is -4.94. The molecule has 12 nitrogen and oxygen atoms in total. The third kappa shape index (κ3) is 8.79. The van der Waals surface area contributed by atoms with Gasteiger partial charge in [-0.2, -0.15) is 0 Å². The van der Waals surface area contributed by atoms with Crippen molar-refractivity contribution < 1.29 is 66.6 Å². The molecule has 42 heavy (non-hydrogen) atoms. The second kappa shape index (κ2) is 13.4. The highest BCUT2D eigenvalue weighted by molar-refractivity contribution is 5.62. The second-order valence-corrected chi connectivity index (χ2v) is 10.3. The lowest BCUT2D eigenvalue weighted by Crippen LogP contribution is -2.68. The van der Waals surface area contributed by atoms with Crippen molar-refractivity contribution >= 4 is 11.3 Å². The van der Waals surface area contributed by atoms with Crippen LogP contribution in [-0.2, 0) is 13.1 Å². The van der Waals surface area contributed by atoms with Crippen LogP contribution in [0.1, 0.15) is 0 Å². The van der Waals surface area contributed by atoms with E-state index in [-0.39, 0.29) is 0 Å². The first-order valence-electron chi connectivity index (χ1n) is 12.2. The van der Waals surface area contributed by atoms with Crippen molar-refractivity contribution in [2.75, 3.05) is 0 Å². The van der Waals surface area contributed by atoms with Crippen LogP contribution in [0.3, 0.4) is 0 Å². The lowest BCUT2D eigenvalue weighted by molar-refractivity contribution is -2.00. The van der Waals surface area contributed by atoms with Crippen LogP contribution in [0.15, 0.2) is 122 Å². The Morgan fingerprint density at radius 1 is 0.452 bits per heavy atom. The van der Waals surface area contributed by atoms with E-state index in [1.807, 2.05) is 0 Å². The Labute approximate surface area is 244 Å². The maximum Gasteiger partial charge on any atom is 0.286 e. The quantitative estimate of drug-likeness (QED) is 0.172. The fourth-order valence-corrected chi connectivity index (χ4v) is 4.57. The highest BCUT2D eigenvalue weighted by Crippen LogP contribution is 2.23. The molecule has 0 aliphatic carbocycles. The summed E-state index contributed by atoms with van der Waals surface area (Å²) in [5.41, 5.74) is 7.29. The summed E-state index contributed by atoms with van der Waals surface area (Å²) in [4.78, 5) is 0. The normalized spacial score (nSPS) is 11.5. The molecular weight excluding hydrogens is 591 g/mol. The zero-order chi connectivity index (χ0) is 30.3. The summed E-state index contributed by atoms with van der Waals surface area (Å²) >= 11 is 0. The molecule has 0 aliphatic heterocycles. The number of hydrogen-bond acceptors (Lipinski definition) is 8. The van der Waals surface area contributed by atoms with Gasteiger partial charge in [-0.25, -0.2) is 55.2 Å². The van der Waals surface area contributed by atoms with Gasteiger partial charge in [0.1, 0.15) is 25.5 Å². The highest BCUT2D eigenvalue weighted by atomic mass is 35.7. The molecule has 0 bridgehead atoms. The molecule has 0 radical (unpaired) electrons. The average molecular weight is 615 g/mol. The summed E-state index contributed by atoms with van der Waals surface area (Å²) in [5.74, 6) is 0. The summed E-state index contributed by atoms with van der Waals surface area (Å²) in [5, 5.41) is 0. The maximum atomic E-state index is 8.49. The van der Waals surface area contributed by atoms with E-state index in [1.54, 1.807) is 0 Å². The van der Waals surface area contributed by atoms with Crippen molar-refractivity contribution in [2.24, 2.45) is 0 Å². The third-order valence-corrected chi connectivity index (χ3v) is 6.08. The van der Waals surface area contributed by atoms with E-state index in [4.69, 9.17) is 37.3 Å². The van der Waals surface area contributed by atoms with Gasteiger partial charge in [0.15, 0.2) is 11.4 Å². The van der Waals surface area contributed by atoms with Crippen LogP contribution in [0.5, 0.6) is 0 Å². The van der Waals surface area contributed by atoms with Gasteiger partial charge in [0.2, 0.25) is 0 Å². The van der Waals surface area contributed by atoms with E-state index in [9.17, 15) is 0 Å². The third-order valence-electron chi connectivity index (χ3n) is 6.08. The van der Waals surface area contributed by atoms with Gasteiger partial charge in [0.25, 0.3) is 11.3 Å². The number of nitrogens with zero attached hydrogens (tertiary/aromatic N) is 4. The number of benzene rings is 2. The molecule has 218 valence electrons. The van der Waals surface area contributed by atoms with Crippen molar-refractivity contribution in [1.29, 1.82) is 0 Å². The molecule has 6 rings (SSSR count). The summed E-state index contributed by atoms with van der Waals surface area (Å²) in [7, 11) is -9.89. The first-order chi connectivity index (χ1) is 19.9. The Balaban J connectivity index is 0.000000352.